The maximum atomic E-state index is 11.6. The summed E-state index contributed by atoms with van der Waals surface area (Å²) in [5, 5.41) is 5.78. The van der Waals surface area contributed by atoms with Gasteiger partial charge in [0.1, 0.15) is 5.75 Å². The minimum atomic E-state index is -0.171. The molecule has 0 aromatic heterocycles. The third-order valence-electron chi connectivity index (χ3n) is 2.98. The van der Waals surface area contributed by atoms with Crippen LogP contribution in [0.25, 0.3) is 0 Å². The maximum absolute atomic E-state index is 11.6. The summed E-state index contributed by atoms with van der Waals surface area (Å²) in [6.45, 7) is 0. The molecule has 0 aliphatic heterocycles. The Kier molecular flexibility index (Phi) is 4.70. The summed E-state index contributed by atoms with van der Waals surface area (Å²) in [4.78, 5) is 11.6. The van der Waals surface area contributed by atoms with E-state index in [4.69, 9.17) is 10.5 Å². The highest BCUT2D eigenvalue weighted by atomic mass is 79.9. The maximum Gasteiger partial charge on any atom is 0.251 e. The van der Waals surface area contributed by atoms with Crippen molar-refractivity contribution in [3.8, 4) is 5.75 Å². The molecule has 6 heteroatoms. The lowest BCUT2D eigenvalue weighted by Gasteiger charge is -2.13. The number of methoxy groups -OCH3 is 1. The van der Waals surface area contributed by atoms with Crippen molar-refractivity contribution in [2.45, 2.75) is 0 Å². The summed E-state index contributed by atoms with van der Waals surface area (Å²) in [5.41, 5.74) is 8.55. The number of hydrogen-bond donors (Lipinski definition) is 3. The Morgan fingerprint density at radius 2 is 1.95 bits per heavy atom. The Hall–Kier alpha value is -2.21. The molecule has 0 radical (unpaired) electrons. The number of nitrogens with one attached hydrogen (secondary N) is 2. The lowest BCUT2D eigenvalue weighted by molar-refractivity contribution is 0.0963. The van der Waals surface area contributed by atoms with E-state index in [2.05, 4.69) is 26.6 Å². The molecule has 5 nitrogen and oxygen atoms in total. The van der Waals surface area contributed by atoms with Gasteiger partial charge in [-0.2, -0.15) is 0 Å². The zero-order valence-electron chi connectivity index (χ0n) is 11.7. The number of carbonyl (C=O) groups excluding carboxylic acids is 1. The highest BCUT2D eigenvalue weighted by Gasteiger charge is 2.08. The molecular formula is C15H16BrN3O2. The van der Waals surface area contributed by atoms with E-state index in [1.54, 1.807) is 32.4 Å². The van der Waals surface area contributed by atoms with Crippen LogP contribution in [0.2, 0.25) is 0 Å². The standard InChI is InChI=1S/C15H16BrN3O2/c1-18-15(20)9-3-6-13(12(17)7-9)19-14-8-10(21-2)4-5-11(14)16/h3-8,19H,17H2,1-2H3,(H,18,20). The van der Waals surface area contributed by atoms with E-state index >= 15 is 0 Å². The number of hydrogen-bond acceptors (Lipinski definition) is 4. The molecule has 0 saturated heterocycles. The van der Waals surface area contributed by atoms with Gasteiger partial charge in [0.15, 0.2) is 0 Å². The number of amides is 1. The number of nitrogen functional groups attached to an aromatic ring is 1. The fourth-order valence-electron chi connectivity index (χ4n) is 1.83. The summed E-state index contributed by atoms with van der Waals surface area (Å²) in [7, 11) is 3.19. The van der Waals surface area contributed by atoms with E-state index < -0.39 is 0 Å². The predicted octanol–water partition coefficient (Wildman–Crippen LogP) is 3.14. The van der Waals surface area contributed by atoms with Crippen molar-refractivity contribution in [1.29, 1.82) is 0 Å². The first-order chi connectivity index (χ1) is 10.0. The van der Waals surface area contributed by atoms with Crippen molar-refractivity contribution in [1.82, 2.24) is 5.32 Å². The average Bonchev–Trinajstić information content (AvgIpc) is 2.50. The summed E-state index contributed by atoms with van der Waals surface area (Å²) in [5.74, 6) is 0.567. The van der Waals surface area contributed by atoms with E-state index in [-0.39, 0.29) is 5.91 Å². The third kappa shape index (κ3) is 3.46. The van der Waals surface area contributed by atoms with Crippen molar-refractivity contribution >= 4 is 38.9 Å². The number of rotatable bonds is 4. The van der Waals surface area contributed by atoms with Crippen LogP contribution in [0.4, 0.5) is 17.1 Å². The van der Waals surface area contributed by atoms with Gasteiger partial charge in [-0.25, -0.2) is 0 Å². The molecule has 21 heavy (non-hydrogen) atoms. The summed E-state index contributed by atoms with van der Waals surface area (Å²) < 4.78 is 6.09. The molecule has 110 valence electrons. The predicted molar refractivity (Wildman–Crippen MR) is 88.2 cm³/mol. The van der Waals surface area contributed by atoms with Gasteiger partial charge >= 0.3 is 0 Å². The highest BCUT2D eigenvalue weighted by Crippen LogP contribution is 2.32. The van der Waals surface area contributed by atoms with Crippen LogP contribution in [0.1, 0.15) is 10.4 Å². The van der Waals surface area contributed by atoms with Gasteiger partial charge in [0, 0.05) is 23.2 Å². The Labute approximate surface area is 131 Å². The summed E-state index contributed by atoms with van der Waals surface area (Å²) >= 11 is 3.47. The molecule has 0 spiro atoms. The van der Waals surface area contributed by atoms with Crippen LogP contribution < -0.4 is 21.1 Å². The molecule has 2 aromatic carbocycles. The molecule has 0 unspecified atom stereocenters. The van der Waals surface area contributed by atoms with E-state index in [1.165, 1.54) is 0 Å². The third-order valence-corrected chi connectivity index (χ3v) is 3.68. The minimum Gasteiger partial charge on any atom is -0.497 e. The Morgan fingerprint density at radius 1 is 1.19 bits per heavy atom. The van der Waals surface area contributed by atoms with Gasteiger partial charge in [-0.3, -0.25) is 4.79 Å². The number of halogens is 1. The number of carbonyl (C=O) groups is 1. The SMILES string of the molecule is CNC(=O)c1ccc(Nc2cc(OC)ccc2Br)c(N)c1. The molecule has 0 aliphatic carbocycles. The molecular weight excluding hydrogens is 334 g/mol. The Morgan fingerprint density at radius 3 is 2.57 bits per heavy atom. The van der Waals surface area contributed by atoms with Crippen LogP contribution in [0, 0.1) is 0 Å². The Balaban J connectivity index is 2.30. The fourth-order valence-corrected chi connectivity index (χ4v) is 2.18. The van der Waals surface area contributed by atoms with Gasteiger partial charge in [0.05, 0.1) is 24.2 Å². The van der Waals surface area contributed by atoms with Crippen LogP contribution >= 0.6 is 15.9 Å². The molecule has 0 atom stereocenters. The smallest absolute Gasteiger partial charge is 0.251 e. The largest absolute Gasteiger partial charge is 0.497 e. The molecule has 0 fully saturated rings. The topological polar surface area (TPSA) is 76.4 Å². The average molecular weight is 350 g/mol. The number of benzene rings is 2. The van der Waals surface area contributed by atoms with E-state index in [9.17, 15) is 4.79 Å². The van der Waals surface area contributed by atoms with E-state index in [0.29, 0.717) is 11.3 Å². The fraction of sp³-hybridized carbons (Fsp3) is 0.133. The van der Waals surface area contributed by atoms with Gasteiger partial charge < -0.3 is 21.1 Å². The van der Waals surface area contributed by atoms with E-state index in [1.807, 2.05) is 18.2 Å². The first-order valence-corrected chi connectivity index (χ1v) is 7.06. The minimum absolute atomic E-state index is 0.171. The van der Waals surface area contributed by atoms with Crippen LogP contribution in [-0.2, 0) is 0 Å². The van der Waals surface area contributed by atoms with Gasteiger partial charge in [-0.05, 0) is 46.3 Å². The molecule has 0 bridgehead atoms. The van der Waals surface area contributed by atoms with Crippen molar-refractivity contribution < 1.29 is 9.53 Å². The molecule has 2 aromatic rings. The summed E-state index contributed by atoms with van der Waals surface area (Å²) in [6.07, 6.45) is 0. The number of anilines is 3. The van der Waals surface area contributed by atoms with Crippen LogP contribution in [0.5, 0.6) is 5.75 Å². The molecule has 4 N–H and O–H groups in total. The van der Waals surface area contributed by atoms with Gasteiger partial charge in [-0.15, -0.1) is 0 Å². The van der Waals surface area contributed by atoms with Crippen molar-refractivity contribution in [3.05, 3.63) is 46.4 Å². The molecule has 0 heterocycles. The number of ether oxygens (including phenoxy) is 1. The first kappa shape index (κ1) is 15.2. The van der Waals surface area contributed by atoms with Gasteiger partial charge in [0.25, 0.3) is 5.91 Å². The lowest BCUT2D eigenvalue weighted by atomic mass is 10.1. The van der Waals surface area contributed by atoms with Crippen LogP contribution in [-0.4, -0.2) is 20.1 Å². The summed E-state index contributed by atoms with van der Waals surface area (Å²) in [6, 6.07) is 10.7. The zero-order valence-corrected chi connectivity index (χ0v) is 13.3. The zero-order chi connectivity index (χ0) is 15.4. The van der Waals surface area contributed by atoms with Crippen LogP contribution in [0.3, 0.4) is 0 Å². The molecule has 2 rings (SSSR count). The van der Waals surface area contributed by atoms with Crippen molar-refractivity contribution in [3.63, 3.8) is 0 Å². The second kappa shape index (κ2) is 6.49. The van der Waals surface area contributed by atoms with Crippen molar-refractivity contribution in [2.24, 2.45) is 0 Å². The number of nitrogens with two attached hydrogens (primary N) is 1. The van der Waals surface area contributed by atoms with Crippen LogP contribution in [0.15, 0.2) is 40.9 Å². The monoisotopic (exact) mass is 349 g/mol. The van der Waals surface area contributed by atoms with Crippen molar-refractivity contribution in [2.75, 3.05) is 25.2 Å². The normalized spacial score (nSPS) is 10.0. The first-order valence-electron chi connectivity index (χ1n) is 6.27. The van der Waals surface area contributed by atoms with Gasteiger partial charge in [0.2, 0.25) is 0 Å². The van der Waals surface area contributed by atoms with Gasteiger partial charge in [-0.1, -0.05) is 0 Å². The molecule has 1 amide bonds. The molecule has 0 saturated carbocycles. The molecule has 0 aliphatic rings. The quantitative estimate of drug-likeness (QED) is 0.741. The lowest BCUT2D eigenvalue weighted by Crippen LogP contribution is -2.17. The second-order valence-corrected chi connectivity index (χ2v) is 5.21. The highest BCUT2D eigenvalue weighted by molar-refractivity contribution is 9.10. The van der Waals surface area contributed by atoms with E-state index in [0.717, 1.165) is 21.6 Å². The Bertz CT molecular complexity index is 674. The second-order valence-electron chi connectivity index (χ2n) is 4.35.